The van der Waals surface area contributed by atoms with Gasteiger partial charge in [-0.15, -0.1) is 0 Å². The number of cyclic esters (lactones) is 1. The minimum Gasteiger partial charge on any atom is -0.493 e. The van der Waals surface area contributed by atoms with Crippen LogP contribution in [0.25, 0.3) is 0 Å². The van der Waals surface area contributed by atoms with Gasteiger partial charge in [0.1, 0.15) is 12.1 Å². The van der Waals surface area contributed by atoms with E-state index in [1.54, 1.807) is 19.9 Å². The number of hydrogen-bond acceptors (Lipinski definition) is 8. The van der Waals surface area contributed by atoms with E-state index in [9.17, 15) is 14.4 Å². The summed E-state index contributed by atoms with van der Waals surface area (Å²) in [7, 11) is 1.44. The van der Waals surface area contributed by atoms with Crippen LogP contribution in [0.3, 0.4) is 0 Å². The zero-order valence-electron chi connectivity index (χ0n) is 25.1. The third-order valence-electron chi connectivity index (χ3n) is 8.28. The summed E-state index contributed by atoms with van der Waals surface area (Å²) in [6.07, 6.45) is 10.7. The van der Waals surface area contributed by atoms with E-state index in [0.717, 1.165) is 25.7 Å². The molecule has 224 valence electrons. The second-order valence-corrected chi connectivity index (χ2v) is 12.0. The fourth-order valence-electron chi connectivity index (χ4n) is 6.18. The highest BCUT2D eigenvalue weighted by Gasteiger charge is 2.39. The molecule has 4 unspecified atom stereocenters. The first-order chi connectivity index (χ1) is 19.1. The lowest BCUT2D eigenvalue weighted by molar-refractivity contribution is -0.155. The standard InChI is InChI=1S/C31H48N2O7/c1-19(2)14-15-23-12-9-13-24(31(36)40-21(5)26(23)22-10-7-8-11-22)33-29(34)27-28(25(37-6)16-17-32-27)38-18-39-30(35)20(3)4/h16-17,19-24,26H,7-15,18H2,1-6H3,(H,33,34). The number of carbonyl (C=O) groups is 3. The zero-order valence-corrected chi connectivity index (χ0v) is 25.1. The lowest BCUT2D eigenvalue weighted by Crippen LogP contribution is -2.44. The second-order valence-electron chi connectivity index (χ2n) is 12.0. The van der Waals surface area contributed by atoms with Gasteiger partial charge in [-0.2, -0.15) is 0 Å². The number of ether oxygens (including phenoxy) is 4. The number of hydrogen-bond donors (Lipinski definition) is 1. The normalized spacial score (nSPS) is 24.1. The molecule has 0 bridgehead atoms. The van der Waals surface area contributed by atoms with Crippen LogP contribution in [-0.2, 0) is 19.1 Å². The maximum atomic E-state index is 13.4. The van der Waals surface area contributed by atoms with Crippen molar-refractivity contribution in [2.45, 2.75) is 105 Å². The van der Waals surface area contributed by atoms with Gasteiger partial charge in [0.15, 0.2) is 17.2 Å². The molecule has 40 heavy (non-hydrogen) atoms. The van der Waals surface area contributed by atoms with Crippen LogP contribution in [0, 0.1) is 29.6 Å². The molecule has 9 heteroatoms. The number of methoxy groups -OCH3 is 1. The van der Waals surface area contributed by atoms with Gasteiger partial charge >= 0.3 is 11.9 Å². The number of nitrogens with one attached hydrogen (secondary N) is 1. The lowest BCUT2D eigenvalue weighted by atomic mass is 9.73. The third kappa shape index (κ3) is 8.58. The van der Waals surface area contributed by atoms with Gasteiger partial charge < -0.3 is 24.3 Å². The summed E-state index contributed by atoms with van der Waals surface area (Å²) in [5.74, 6) is 0.601. The number of nitrogens with zero attached hydrogens (tertiary/aromatic N) is 1. The molecule has 3 rings (SSSR count). The first kappa shape index (κ1) is 31.7. The Bertz CT molecular complexity index is 990. The SMILES string of the molecule is COc1ccnc(C(=O)NC2CCCC(CCC(C)C)C(C3CCCC3)C(C)OC2=O)c1OCOC(=O)C(C)C. The van der Waals surface area contributed by atoms with Crippen LogP contribution in [0.1, 0.15) is 103 Å². The Balaban J connectivity index is 1.75. The highest BCUT2D eigenvalue weighted by molar-refractivity contribution is 5.98. The van der Waals surface area contributed by atoms with E-state index in [-0.39, 0.29) is 29.2 Å². The molecule has 1 aromatic rings. The van der Waals surface area contributed by atoms with Crippen molar-refractivity contribution >= 4 is 17.8 Å². The summed E-state index contributed by atoms with van der Waals surface area (Å²) in [6.45, 7) is 9.57. The van der Waals surface area contributed by atoms with E-state index in [0.29, 0.717) is 30.1 Å². The Kier molecular flexibility index (Phi) is 12.1. The molecule has 9 nitrogen and oxygen atoms in total. The Morgan fingerprint density at radius 1 is 1.10 bits per heavy atom. The quantitative estimate of drug-likeness (QED) is 0.271. The summed E-state index contributed by atoms with van der Waals surface area (Å²) in [4.78, 5) is 42.8. The summed E-state index contributed by atoms with van der Waals surface area (Å²) >= 11 is 0. The molecule has 2 heterocycles. The van der Waals surface area contributed by atoms with Crippen molar-refractivity contribution in [1.82, 2.24) is 10.3 Å². The van der Waals surface area contributed by atoms with E-state index in [4.69, 9.17) is 18.9 Å². The maximum Gasteiger partial charge on any atom is 0.328 e. The summed E-state index contributed by atoms with van der Waals surface area (Å²) in [5.41, 5.74) is -0.0562. The largest absolute Gasteiger partial charge is 0.493 e. The van der Waals surface area contributed by atoms with Crippen molar-refractivity contribution < 1.29 is 33.3 Å². The third-order valence-corrected chi connectivity index (χ3v) is 8.28. The van der Waals surface area contributed by atoms with Gasteiger partial charge in [-0.25, -0.2) is 9.78 Å². The summed E-state index contributed by atoms with van der Waals surface area (Å²) in [5, 5.41) is 2.84. The average Bonchev–Trinajstić information content (AvgIpc) is 3.45. The molecule has 1 N–H and O–H groups in total. The van der Waals surface area contributed by atoms with Crippen LogP contribution in [0.5, 0.6) is 11.5 Å². The highest BCUT2D eigenvalue weighted by atomic mass is 16.7. The van der Waals surface area contributed by atoms with E-state index in [1.807, 2.05) is 6.92 Å². The molecule has 4 atom stereocenters. The highest BCUT2D eigenvalue weighted by Crippen LogP contribution is 2.42. The number of carbonyl (C=O) groups excluding carboxylic acids is 3. The van der Waals surface area contributed by atoms with Crippen LogP contribution in [0.4, 0.5) is 0 Å². The number of amides is 1. The molecular weight excluding hydrogens is 512 g/mol. The molecule has 1 aliphatic heterocycles. The lowest BCUT2D eigenvalue weighted by Gasteiger charge is -2.36. The van der Waals surface area contributed by atoms with Crippen LogP contribution < -0.4 is 14.8 Å². The smallest absolute Gasteiger partial charge is 0.328 e. The summed E-state index contributed by atoms with van der Waals surface area (Å²) in [6, 6.07) is 0.745. The molecule has 1 aromatic heterocycles. The minimum atomic E-state index is -0.803. The van der Waals surface area contributed by atoms with Crippen LogP contribution in [0.2, 0.25) is 0 Å². The van der Waals surface area contributed by atoms with E-state index < -0.39 is 30.7 Å². The van der Waals surface area contributed by atoms with Gasteiger partial charge in [-0.1, -0.05) is 66.2 Å². The Morgan fingerprint density at radius 2 is 1.82 bits per heavy atom. The molecular formula is C31H48N2O7. The minimum absolute atomic E-state index is 0.0407. The Labute approximate surface area is 239 Å². The fourth-order valence-corrected chi connectivity index (χ4v) is 6.18. The van der Waals surface area contributed by atoms with Crippen LogP contribution >= 0.6 is 0 Å². The number of aromatic nitrogens is 1. The van der Waals surface area contributed by atoms with Gasteiger partial charge in [-0.05, 0) is 43.9 Å². The van der Waals surface area contributed by atoms with Crippen molar-refractivity contribution in [3.8, 4) is 11.5 Å². The van der Waals surface area contributed by atoms with Crippen LogP contribution in [0.15, 0.2) is 12.3 Å². The van der Waals surface area contributed by atoms with E-state index in [2.05, 4.69) is 24.1 Å². The van der Waals surface area contributed by atoms with Gasteiger partial charge in [0.2, 0.25) is 6.79 Å². The fraction of sp³-hybridized carbons (Fsp3) is 0.742. The molecule has 0 aromatic carbocycles. The predicted molar refractivity (Wildman–Crippen MR) is 151 cm³/mol. The molecule has 1 amide bonds. The first-order valence-electron chi connectivity index (χ1n) is 15.0. The molecule has 0 radical (unpaired) electrons. The number of esters is 2. The van der Waals surface area contributed by atoms with Crippen molar-refractivity contribution in [2.24, 2.45) is 29.6 Å². The number of rotatable bonds is 11. The maximum absolute atomic E-state index is 13.4. The molecule has 1 saturated carbocycles. The second kappa shape index (κ2) is 15.2. The predicted octanol–water partition coefficient (Wildman–Crippen LogP) is 5.70. The summed E-state index contributed by atoms with van der Waals surface area (Å²) < 4.78 is 22.2. The molecule has 1 saturated heterocycles. The van der Waals surface area contributed by atoms with Gasteiger partial charge in [0.05, 0.1) is 13.0 Å². The van der Waals surface area contributed by atoms with Gasteiger partial charge in [0, 0.05) is 18.2 Å². The Morgan fingerprint density at radius 3 is 2.48 bits per heavy atom. The van der Waals surface area contributed by atoms with Crippen molar-refractivity contribution in [1.29, 1.82) is 0 Å². The molecule has 0 spiro atoms. The van der Waals surface area contributed by atoms with Gasteiger partial charge in [-0.3, -0.25) is 9.59 Å². The molecule has 1 aliphatic carbocycles. The monoisotopic (exact) mass is 560 g/mol. The van der Waals surface area contributed by atoms with Crippen molar-refractivity contribution in [3.05, 3.63) is 18.0 Å². The van der Waals surface area contributed by atoms with Crippen molar-refractivity contribution in [2.75, 3.05) is 13.9 Å². The molecule has 2 fully saturated rings. The Hall–Kier alpha value is -2.84. The molecule has 2 aliphatic rings. The number of pyridine rings is 1. The zero-order chi connectivity index (χ0) is 29.2. The average molecular weight is 561 g/mol. The van der Waals surface area contributed by atoms with Gasteiger partial charge in [0.25, 0.3) is 5.91 Å². The van der Waals surface area contributed by atoms with E-state index in [1.165, 1.54) is 39.0 Å². The van der Waals surface area contributed by atoms with E-state index >= 15 is 0 Å². The van der Waals surface area contributed by atoms with Crippen LogP contribution in [-0.4, -0.2) is 48.9 Å². The topological polar surface area (TPSA) is 113 Å². The van der Waals surface area contributed by atoms with Crippen molar-refractivity contribution in [3.63, 3.8) is 0 Å². The first-order valence-corrected chi connectivity index (χ1v) is 15.0.